The molecule has 1 fully saturated rings. The number of guanidine groups is 1. The largest absolute Gasteiger partial charge is 0.373 e. The molecule has 2 N–H and O–H groups in total. The maximum Gasteiger partial charge on any atom is 0.191 e. The molecule has 0 aliphatic carbocycles. The van der Waals surface area contributed by atoms with Gasteiger partial charge in [0.1, 0.15) is 0 Å². The quantitative estimate of drug-likeness (QED) is 0.652. The van der Waals surface area contributed by atoms with Crippen molar-refractivity contribution in [1.29, 1.82) is 0 Å². The standard InChI is InChI=1S/C18H25N5O/c1-18(8-4-11-24-18)14-21-17(19-2)20-13-15-6-3-7-16(12-15)23-10-5-9-22-23/h3,5-7,9-10,12H,4,8,11,13-14H2,1-2H3,(H2,19,20,21). The van der Waals surface area contributed by atoms with E-state index in [4.69, 9.17) is 4.74 Å². The molecule has 1 unspecified atom stereocenters. The van der Waals surface area contributed by atoms with Crippen LogP contribution in [0.5, 0.6) is 0 Å². The second-order valence-corrected chi connectivity index (χ2v) is 6.30. The Morgan fingerprint density at radius 2 is 2.29 bits per heavy atom. The topological polar surface area (TPSA) is 63.5 Å². The smallest absolute Gasteiger partial charge is 0.191 e. The van der Waals surface area contributed by atoms with Crippen LogP contribution in [0.3, 0.4) is 0 Å². The summed E-state index contributed by atoms with van der Waals surface area (Å²) in [5.74, 6) is 0.788. The Bertz CT molecular complexity index is 674. The zero-order valence-electron chi connectivity index (χ0n) is 14.3. The van der Waals surface area contributed by atoms with Crippen LogP contribution in [0.4, 0.5) is 0 Å². The van der Waals surface area contributed by atoms with E-state index in [1.807, 2.05) is 29.1 Å². The van der Waals surface area contributed by atoms with Crippen LogP contribution in [0.1, 0.15) is 25.3 Å². The molecular weight excluding hydrogens is 302 g/mol. The van der Waals surface area contributed by atoms with E-state index >= 15 is 0 Å². The molecule has 0 radical (unpaired) electrons. The van der Waals surface area contributed by atoms with E-state index in [2.05, 4.69) is 39.8 Å². The molecule has 1 aromatic heterocycles. The van der Waals surface area contributed by atoms with Crippen molar-refractivity contribution in [3.05, 3.63) is 48.3 Å². The van der Waals surface area contributed by atoms with Crippen molar-refractivity contribution in [3.63, 3.8) is 0 Å². The molecule has 2 heterocycles. The van der Waals surface area contributed by atoms with Crippen LogP contribution in [0, 0.1) is 0 Å². The molecule has 1 aliphatic rings. The molecule has 0 bridgehead atoms. The van der Waals surface area contributed by atoms with Gasteiger partial charge in [-0.1, -0.05) is 12.1 Å². The van der Waals surface area contributed by atoms with Gasteiger partial charge in [-0.05, 0) is 43.5 Å². The van der Waals surface area contributed by atoms with E-state index in [9.17, 15) is 0 Å². The summed E-state index contributed by atoms with van der Waals surface area (Å²) in [6, 6.07) is 10.2. The molecular formula is C18H25N5O. The lowest BCUT2D eigenvalue weighted by Gasteiger charge is -2.24. The first-order valence-corrected chi connectivity index (χ1v) is 8.36. The highest BCUT2D eigenvalue weighted by molar-refractivity contribution is 5.79. The summed E-state index contributed by atoms with van der Waals surface area (Å²) in [6.45, 7) is 4.46. The molecule has 6 nitrogen and oxygen atoms in total. The minimum Gasteiger partial charge on any atom is -0.373 e. The summed E-state index contributed by atoms with van der Waals surface area (Å²) in [6.07, 6.45) is 5.94. The first-order valence-electron chi connectivity index (χ1n) is 8.36. The average molecular weight is 327 g/mol. The van der Waals surface area contributed by atoms with Gasteiger partial charge >= 0.3 is 0 Å². The summed E-state index contributed by atoms with van der Waals surface area (Å²) in [5.41, 5.74) is 2.14. The fourth-order valence-corrected chi connectivity index (χ4v) is 2.88. The Morgan fingerprint density at radius 1 is 1.38 bits per heavy atom. The molecule has 0 saturated carbocycles. The fourth-order valence-electron chi connectivity index (χ4n) is 2.88. The second-order valence-electron chi connectivity index (χ2n) is 6.30. The minimum absolute atomic E-state index is 0.0857. The number of ether oxygens (including phenoxy) is 1. The van der Waals surface area contributed by atoms with Crippen molar-refractivity contribution in [3.8, 4) is 5.69 Å². The van der Waals surface area contributed by atoms with E-state index in [1.54, 1.807) is 13.2 Å². The van der Waals surface area contributed by atoms with Crippen LogP contribution >= 0.6 is 0 Å². The van der Waals surface area contributed by atoms with Crippen molar-refractivity contribution in [2.24, 2.45) is 4.99 Å². The lowest BCUT2D eigenvalue weighted by atomic mass is 10.0. The Morgan fingerprint density at radius 3 is 3.00 bits per heavy atom. The van der Waals surface area contributed by atoms with Crippen LogP contribution in [-0.4, -0.2) is 41.5 Å². The molecule has 128 valence electrons. The summed E-state index contributed by atoms with van der Waals surface area (Å²) in [7, 11) is 1.79. The van der Waals surface area contributed by atoms with Crippen molar-refractivity contribution < 1.29 is 4.74 Å². The van der Waals surface area contributed by atoms with E-state index < -0.39 is 0 Å². The Labute approximate surface area is 142 Å². The van der Waals surface area contributed by atoms with E-state index in [-0.39, 0.29) is 5.60 Å². The molecule has 0 spiro atoms. The van der Waals surface area contributed by atoms with Crippen LogP contribution in [0.2, 0.25) is 0 Å². The van der Waals surface area contributed by atoms with E-state index in [0.717, 1.165) is 37.6 Å². The van der Waals surface area contributed by atoms with Gasteiger partial charge in [0.25, 0.3) is 0 Å². The third-order valence-electron chi connectivity index (χ3n) is 4.29. The van der Waals surface area contributed by atoms with Crippen LogP contribution < -0.4 is 10.6 Å². The maximum absolute atomic E-state index is 5.80. The summed E-state index contributed by atoms with van der Waals surface area (Å²) >= 11 is 0. The lowest BCUT2D eigenvalue weighted by Crippen LogP contribution is -2.45. The van der Waals surface area contributed by atoms with Crippen LogP contribution in [0.25, 0.3) is 5.69 Å². The van der Waals surface area contributed by atoms with Crippen LogP contribution in [0.15, 0.2) is 47.7 Å². The highest BCUT2D eigenvalue weighted by Crippen LogP contribution is 2.23. The summed E-state index contributed by atoms with van der Waals surface area (Å²) < 4.78 is 7.66. The Hall–Kier alpha value is -2.34. The van der Waals surface area contributed by atoms with E-state index in [1.165, 1.54) is 5.56 Å². The van der Waals surface area contributed by atoms with Crippen molar-refractivity contribution in [2.45, 2.75) is 31.9 Å². The van der Waals surface area contributed by atoms with Gasteiger partial charge in [0.2, 0.25) is 0 Å². The number of rotatable bonds is 5. The number of benzene rings is 1. The molecule has 1 aromatic carbocycles. The third-order valence-corrected chi connectivity index (χ3v) is 4.29. The Kier molecular flexibility index (Phi) is 5.15. The highest BCUT2D eigenvalue weighted by atomic mass is 16.5. The van der Waals surface area contributed by atoms with Gasteiger partial charge in [-0.2, -0.15) is 5.10 Å². The highest BCUT2D eigenvalue weighted by Gasteiger charge is 2.29. The summed E-state index contributed by atoms with van der Waals surface area (Å²) in [5, 5.41) is 11.0. The molecule has 1 atom stereocenters. The monoisotopic (exact) mass is 327 g/mol. The molecule has 0 amide bonds. The molecule has 1 aliphatic heterocycles. The first-order chi connectivity index (χ1) is 11.7. The maximum atomic E-state index is 5.80. The first kappa shape index (κ1) is 16.5. The molecule has 24 heavy (non-hydrogen) atoms. The van der Waals surface area contributed by atoms with E-state index in [0.29, 0.717) is 6.54 Å². The number of aromatic nitrogens is 2. The minimum atomic E-state index is -0.0857. The molecule has 1 saturated heterocycles. The van der Waals surface area contributed by atoms with Gasteiger partial charge in [-0.25, -0.2) is 4.68 Å². The van der Waals surface area contributed by atoms with Crippen LogP contribution in [-0.2, 0) is 11.3 Å². The number of hydrogen-bond donors (Lipinski definition) is 2. The number of aliphatic imine (C=N–C) groups is 1. The van der Waals surface area contributed by atoms with Crippen molar-refractivity contribution in [1.82, 2.24) is 20.4 Å². The van der Waals surface area contributed by atoms with Gasteiger partial charge in [0.15, 0.2) is 5.96 Å². The number of nitrogens with zero attached hydrogens (tertiary/aromatic N) is 3. The third kappa shape index (κ3) is 4.14. The second kappa shape index (κ2) is 7.49. The predicted molar refractivity (Wildman–Crippen MR) is 95.4 cm³/mol. The van der Waals surface area contributed by atoms with Crippen molar-refractivity contribution in [2.75, 3.05) is 20.2 Å². The molecule has 6 heteroatoms. The SMILES string of the molecule is CN=C(NCc1cccc(-n2cccn2)c1)NCC1(C)CCCO1. The van der Waals surface area contributed by atoms with Gasteiger partial charge < -0.3 is 15.4 Å². The lowest BCUT2D eigenvalue weighted by molar-refractivity contribution is 0.0243. The normalized spacial score (nSPS) is 21.0. The Balaban J connectivity index is 1.55. The number of nitrogens with one attached hydrogen (secondary N) is 2. The zero-order valence-corrected chi connectivity index (χ0v) is 14.3. The van der Waals surface area contributed by atoms with Gasteiger partial charge in [0, 0.05) is 39.1 Å². The molecule has 2 aromatic rings. The van der Waals surface area contributed by atoms with Gasteiger partial charge in [-0.3, -0.25) is 4.99 Å². The summed E-state index contributed by atoms with van der Waals surface area (Å²) in [4.78, 5) is 4.29. The zero-order chi connectivity index (χ0) is 16.8. The van der Waals surface area contributed by atoms with Crippen molar-refractivity contribution >= 4 is 5.96 Å². The van der Waals surface area contributed by atoms with Gasteiger partial charge in [0.05, 0.1) is 11.3 Å². The average Bonchev–Trinajstić information content (AvgIpc) is 3.27. The fraction of sp³-hybridized carbons (Fsp3) is 0.444. The number of hydrogen-bond acceptors (Lipinski definition) is 3. The molecule has 3 rings (SSSR count). The van der Waals surface area contributed by atoms with Gasteiger partial charge in [-0.15, -0.1) is 0 Å². The predicted octanol–water partition coefficient (Wildman–Crippen LogP) is 2.11.